The van der Waals surface area contributed by atoms with Gasteiger partial charge in [-0.2, -0.15) is 0 Å². The zero-order valence-electron chi connectivity index (χ0n) is 13.5. The highest BCUT2D eigenvalue weighted by Crippen LogP contribution is 2.23. The highest BCUT2D eigenvalue weighted by Gasteiger charge is 2.12. The van der Waals surface area contributed by atoms with E-state index in [-0.39, 0.29) is 5.91 Å². The second kappa shape index (κ2) is 6.57. The number of rotatable bonds is 3. The molecule has 3 heteroatoms. The van der Waals surface area contributed by atoms with Crippen LogP contribution in [0.3, 0.4) is 0 Å². The smallest absolute Gasteiger partial charge is 0.257 e. The van der Waals surface area contributed by atoms with E-state index in [1.165, 1.54) is 0 Å². The molecule has 1 N–H and O–H groups in total. The molecule has 3 nitrogen and oxygen atoms in total. The third kappa shape index (κ3) is 3.12. The Morgan fingerprint density at radius 1 is 0.720 bits per heavy atom. The number of anilines is 1. The zero-order valence-corrected chi connectivity index (χ0v) is 13.5. The lowest BCUT2D eigenvalue weighted by molar-refractivity contribution is 0.102. The Balaban J connectivity index is 1.77. The third-order valence-corrected chi connectivity index (χ3v) is 4.07. The normalized spacial score (nSPS) is 10.6. The number of aromatic nitrogens is 1. The van der Waals surface area contributed by atoms with Gasteiger partial charge in [0, 0.05) is 16.6 Å². The quantitative estimate of drug-likeness (QED) is 0.566. The molecule has 0 saturated heterocycles. The number of carbonyl (C=O) groups excluding carboxylic acids is 1. The van der Waals surface area contributed by atoms with Crippen molar-refractivity contribution in [2.45, 2.75) is 0 Å². The van der Waals surface area contributed by atoms with Gasteiger partial charge < -0.3 is 5.32 Å². The Morgan fingerprint density at radius 2 is 1.44 bits per heavy atom. The fraction of sp³-hybridized carbons (Fsp3) is 0. The Kier molecular flexibility index (Phi) is 3.97. The molecular formula is C22H16N2O. The predicted octanol–water partition coefficient (Wildman–Crippen LogP) is 5.15. The average Bonchev–Trinajstić information content (AvgIpc) is 2.68. The highest BCUT2D eigenvalue weighted by molar-refractivity contribution is 6.12. The van der Waals surface area contributed by atoms with E-state index in [1.807, 2.05) is 91.0 Å². The molecular weight excluding hydrogens is 308 g/mol. The van der Waals surface area contributed by atoms with Gasteiger partial charge in [-0.15, -0.1) is 0 Å². The number of benzene rings is 3. The van der Waals surface area contributed by atoms with Crippen LogP contribution in [-0.2, 0) is 0 Å². The summed E-state index contributed by atoms with van der Waals surface area (Å²) in [7, 11) is 0. The summed E-state index contributed by atoms with van der Waals surface area (Å²) in [6, 6.07) is 29.1. The van der Waals surface area contributed by atoms with Crippen LogP contribution in [-0.4, -0.2) is 10.9 Å². The number of pyridine rings is 1. The number of hydrogen-bond acceptors (Lipinski definition) is 2. The van der Waals surface area contributed by atoms with Gasteiger partial charge in [0.1, 0.15) is 0 Å². The molecule has 0 bridgehead atoms. The number of nitrogens with one attached hydrogen (secondary N) is 1. The first-order valence-electron chi connectivity index (χ1n) is 8.13. The van der Waals surface area contributed by atoms with E-state index in [2.05, 4.69) is 5.32 Å². The molecule has 0 atom stereocenters. The molecule has 1 aromatic heterocycles. The van der Waals surface area contributed by atoms with E-state index in [0.717, 1.165) is 22.3 Å². The number of nitrogens with zero attached hydrogens (tertiary/aromatic N) is 1. The lowest BCUT2D eigenvalue weighted by Crippen LogP contribution is -2.12. The number of para-hydroxylation sites is 2. The second-order valence-corrected chi connectivity index (χ2v) is 5.76. The van der Waals surface area contributed by atoms with E-state index in [9.17, 15) is 4.79 Å². The van der Waals surface area contributed by atoms with Crippen LogP contribution in [0.2, 0.25) is 0 Å². The predicted molar refractivity (Wildman–Crippen MR) is 102 cm³/mol. The Hall–Kier alpha value is -3.46. The van der Waals surface area contributed by atoms with Crippen LogP contribution >= 0.6 is 0 Å². The summed E-state index contributed by atoms with van der Waals surface area (Å²) in [6.45, 7) is 0. The van der Waals surface area contributed by atoms with Gasteiger partial charge in [0.05, 0.1) is 16.8 Å². The van der Waals surface area contributed by atoms with Gasteiger partial charge in [-0.3, -0.25) is 4.79 Å². The van der Waals surface area contributed by atoms with Crippen LogP contribution in [0.25, 0.3) is 22.2 Å². The van der Waals surface area contributed by atoms with Crippen LogP contribution in [0.1, 0.15) is 10.4 Å². The van der Waals surface area contributed by atoms with Crippen molar-refractivity contribution >= 4 is 22.5 Å². The van der Waals surface area contributed by atoms with E-state index < -0.39 is 0 Å². The minimum atomic E-state index is -0.158. The molecule has 4 aromatic rings. The van der Waals surface area contributed by atoms with Crippen LogP contribution in [0, 0.1) is 0 Å². The minimum absolute atomic E-state index is 0.158. The van der Waals surface area contributed by atoms with Gasteiger partial charge in [0.15, 0.2) is 0 Å². The summed E-state index contributed by atoms with van der Waals surface area (Å²) < 4.78 is 0. The van der Waals surface area contributed by atoms with Gasteiger partial charge in [-0.05, 0) is 24.3 Å². The van der Waals surface area contributed by atoms with Crippen molar-refractivity contribution in [3.05, 3.63) is 96.6 Å². The fourth-order valence-electron chi connectivity index (χ4n) is 2.82. The van der Waals surface area contributed by atoms with Gasteiger partial charge >= 0.3 is 0 Å². The molecule has 0 fully saturated rings. The number of hydrogen-bond donors (Lipinski definition) is 1. The Bertz CT molecular complexity index is 1030. The minimum Gasteiger partial charge on any atom is -0.322 e. The highest BCUT2D eigenvalue weighted by atomic mass is 16.1. The number of carbonyl (C=O) groups is 1. The molecule has 4 rings (SSSR count). The van der Waals surface area contributed by atoms with E-state index in [0.29, 0.717) is 11.1 Å². The first-order valence-corrected chi connectivity index (χ1v) is 8.13. The van der Waals surface area contributed by atoms with E-state index in [4.69, 9.17) is 4.98 Å². The molecule has 0 aliphatic rings. The number of amides is 1. The summed E-state index contributed by atoms with van der Waals surface area (Å²) in [5.41, 5.74) is 3.93. The standard InChI is InChI=1S/C22H16N2O/c25-22(23-18-11-5-2-6-12-18)19-13-7-10-17-14-15-20(24-21(17)19)16-8-3-1-4-9-16/h1-15H,(H,23,25). The molecule has 0 radical (unpaired) electrons. The van der Waals surface area contributed by atoms with Crippen molar-refractivity contribution in [1.82, 2.24) is 4.98 Å². The van der Waals surface area contributed by atoms with Crippen LogP contribution in [0.15, 0.2) is 91.0 Å². The third-order valence-electron chi connectivity index (χ3n) is 4.07. The lowest BCUT2D eigenvalue weighted by Gasteiger charge is -2.09. The summed E-state index contributed by atoms with van der Waals surface area (Å²) in [4.78, 5) is 17.5. The molecule has 0 aliphatic carbocycles. The Labute approximate surface area is 146 Å². The van der Waals surface area contributed by atoms with E-state index >= 15 is 0 Å². The van der Waals surface area contributed by atoms with Crippen LogP contribution in [0.4, 0.5) is 5.69 Å². The fourth-order valence-corrected chi connectivity index (χ4v) is 2.82. The van der Waals surface area contributed by atoms with Crippen molar-refractivity contribution in [1.29, 1.82) is 0 Å². The monoisotopic (exact) mass is 324 g/mol. The SMILES string of the molecule is O=C(Nc1ccccc1)c1cccc2ccc(-c3ccccc3)nc12. The first-order chi connectivity index (χ1) is 12.3. The molecule has 120 valence electrons. The van der Waals surface area contributed by atoms with Crippen molar-refractivity contribution in [2.24, 2.45) is 0 Å². The van der Waals surface area contributed by atoms with Crippen molar-refractivity contribution in [3.8, 4) is 11.3 Å². The zero-order chi connectivity index (χ0) is 17.1. The Morgan fingerprint density at radius 3 is 2.20 bits per heavy atom. The first kappa shape index (κ1) is 15.1. The summed E-state index contributed by atoms with van der Waals surface area (Å²) >= 11 is 0. The maximum Gasteiger partial charge on any atom is 0.257 e. The van der Waals surface area contributed by atoms with Crippen molar-refractivity contribution < 1.29 is 4.79 Å². The molecule has 0 saturated carbocycles. The lowest BCUT2D eigenvalue weighted by atomic mass is 10.1. The van der Waals surface area contributed by atoms with Gasteiger partial charge in [-0.1, -0.05) is 66.7 Å². The van der Waals surface area contributed by atoms with Crippen molar-refractivity contribution in [3.63, 3.8) is 0 Å². The van der Waals surface area contributed by atoms with E-state index in [1.54, 1.807) is 0 Å². The molecule has 0 unspecified atom stereocenters. The molecule has 0 spiro atoms. The topological polar surface area (TPSA) is 42.0 Å². The van der Waals surface area contributed by atoms with Gasteiger partial charge in [0.2, 0.25) is 0 Å². The number of fused-ring (bicyclic) bond motifs is 1. The maximum atomic E-state index is 12.7. The van der Waals surface area contributed by atoms with Crippen LogP contribution < -0.4 is 5.32 Å². The van der Waals surface area contributed by atoms with Crippen molar-refractivity contribution in [2.75, 3.05) is 5.32 Å². The maximum absolute atomic E-state index is 12.7. The average molecular weight is 324 g/mol. The van der Waals surface area contributed by atoms with Crippen LogP contribution in [0.5, 0.6) is 0 Å². The molecule has 25 heavy (non-hydrogen) atoms. The van der Waals surface area contributed by atoms with Gasteiger partial charge in [-0.25, -0.2) is 4.98 Å². The molecule has 1 heterocycles. The second-order valence-electron chi connectivity index (χ2n) is 5.76. The molecule has 1 amide bonds. The molecule has 0 aliphatic heterocycles. The summed E-state index contributed by atoms with van der Waals surface area (Å²) in [5.74, 6) is -0.158. The largest absolute Gasteiger partial charge is 0.322 e. The summed E-state index contributed by atoms with van der Waals surface area (Å²) in [6.07, 6.45) is 0. The van der Waals surface area contributed by atoms with Gasteiger partial charge in [0.25, 0.3) is 5.91 Å². The molecule has 3 aromatic carbocycles. The summed E-state index contributed by atoms with van der Waals surface area (Å²) in [5, 5.41) is 3.88.